The van der Waals surface area contributed by atoms with Gasteiger partial charge in [0.1, 0.15) is 0 Å². The summed E-state index contributed by atoms with van der Waals surface area (Å²) in [5, 5.41) is 0. The molecule has 2 aliphatic rings. The molecular formula is C18H28N2OS. The van der Waals surface area contributed by atoms with Gasteiger partial charge in [-0.3, -0.25) is 9.69 Å². The van der Waals surface area contributed by atoms with Gasteiger partial charge in [0.25, 0.3) is 0 Å². The molecule has 22 heavy (non-hydrogen) atoms. The third kappa shape index (κ3) is 3.72. The zero-order valence-corrected chi connectivity index (χ0v) is 14.9. The molecule has 3 nitrogen and oxygen atoms in total. The fourth-order valence-corrected chi connectivity index (χ4v) is 4.52. The van der Waals surface area contributed by atoms with Gasteiger partial charge in [-0.05, 0) is 57.2 Å². The first kappa shape index (κ1) is 16.0. The predicted octanol–water partition coefficient (Wildman–Crippen LogP) is 3.84. The lowest BCUT2D eigenvalue weighted by atomic mass is 10.2. The van der Waals surface area contributed by atoms with Crippen molar-refractivity contribution >= 4 is 17.2 Å². The summed E-state index contributed by atoms with van der Waals surface area (Å²) in [4.78, 5) is 20.1. The maximum Gasteiger partial charge on any atom is 0.237 e. The molecule has 1 aromatic heterocycles. The van der Waals surface area contributed by atoms with E-state index in [1.807, 2.05) is 11.3 Å². The summed E-state index contributed by atoms with van der Waals surface area (Å²) in [6.07, 6.45) is 4.81. The van der Waals surface area contributed by atoms with Crippen LogP contribution in [0.5, 0.6) is 0 Å². The van der Waals surface area contributed by atoms with Crippen molar-refractivity contribution in [1.82, 2.24) is 9.80 Å². The third-order valence-corrected chi connectivity index (χ3v) is 5.76. The van der Waals surface area contributed by atoms with E-state index in [1.165, 1.54) is 35.4 Å². The van der Waals surface area contributed by atoms with Gasteiger partial charge in [0.15, 0.2) is 0 Å². The molecule has 122 valence electrons. The molecule has 1 saturated carbocycles. The Kier molecular flexibility index (Phi) is 4.88. The van der Waals surface area contributed by atoms with Crippen molar-refractivity contribution in [3.8, 4) is 0 Å². The van der Waals surface area contributed by atoms with Crippen LogP contribution < -0.4 is 0 Å². The van der Waals surface area contributed by atoms with E-state index in [-0.39, 0.29) is 0 Å². The maximum atomic E-state index is 12.8. The molecular weight excluding hydrogens is 292 g/mol. The van der Waals surface area contributed by atoms with E-state index in [0.717, 1.165) is 13.1 Å². The second kappa shape index (κ2) is 6.71. The Bertz CT molecular complexity index is 521. The number of carbonyl (C=O) groups excluding carboxylic acids is 1. The van der Waals surface area contributed by atoms with Gasteiger partial charge in [0.2, 0.25) is 5.91 Å². The Morgan fingerprint density at radius 2 is 2.14 bits per heavy atom. The number of hydrogen-bond donors (Lipinski definition) is 0. The first-order valence-electron chi connectivity index (χ1n) is 8.64. The fraction of sp³-hybridized carbons (Fsp3) is 0.722. The average molecular weight is 321 g/mol. The molecule has 1 unspecified atom stereocenters. The fourth-order valence-electron chi connectivity index (χ4n) is 3.47. The van der Waals surface area contributed by atoms with Crippen molar-refractivity contribution in [2.24, 2.45) is 5.92 Å². The summed E-state index contributed by atoms with van der Waals surface area (Å²) in [6.45, 7) is 9.15. The van der Waals surface area contributed by atoms with Crippen molar-refractivity contribution < 1.29 is 4.79 Å². The largest absolute Gasteiger partial charge is 0.338 e. The van der Waals surface area contributed by atoms with E-state index in [1.54, 1.807) is 0 Å². The molecule has 1 saturated heterocycles. The van der Waals surface area contributed by atoms with Crippen LogP contribution in [0.3, 0.4) is 0 Å². The molecule has 0 bridgehead atoms. The Balaban J connectivity index is 1.64. The highest BCUT2D eigenvalue weighted by atomic mass is 32.1. The minimum atomic E-state index is 0.344. The van der Waals surface area contributed by atoms with Crippen LogP contribution in [0.1, 0.15) is 55.3 Å². The average Bonchev–Trinajstić information content (AvgIpc) is 3.05. The van der Waals surface area contributed by atoms with Crippen LogP contribution in [0.15, 0.2) is 12.1 Å². The Hall–Kier alpha value is -0.870. The molecule has 0 spiro atoms. The molecule has 4 heteroatoms. The van der Waals surface area contributed by atoms with Crippen LogP contribution in [0.4, 0.5) is 0 Å². The lowest BCUT2D eigenvalue weighted by Crippen LogP contribution is -2.42. The summed E-state index contributed by atoms with van der Waals surface area (Å²) in [7, 11) is 0. The Labute approximate surface area is 138 Å². The van der Waals surface area contributed by atoms with E-state index < -0.39 is 0 Å². The third-order valence-electron chi connectivity index (χ3n) is 4.66. The number of aryl methyl sites for hydroxylation is 1. The molecule has 1 aromatic rings. The van der Waals surface area contributed by atoms with E-state index in [2.05, 4.69) is 42.7 Å². The highest BCUT2D eigenvalue weighted by molar-refractivity contribution is 7.12. The van der Waals surface area contributed by atoms with Crippen molar-refractivity contribution in [3.05, 3.63) is 21.9 Å². The molecule has 0 aromatic carbocycles. The standard InChI is InChI=1S/C18H28N2OS/c1-13(2)11-20(15-7-8-15)18(21)12-19-10-4-5-16(19)17-9-6-14(3)22-17/h6,9,13,15-16H,4-5,7-8,10-12H2,1-3H3. The highest BCUT2D eigenvalue weighted by Gasteiger charge is 2.35. The van der Waals surface area contributed by atoms with Gasteiger partial charge >= 0.3 is 0 Å². The monoisotopic (exact) mass is 320 g/mol. The highest BCUT2D eigenvalue weighted by Crippen LogP contribution is 2.36. The van der Waals surface area contributed by atoms with Gasteiger partial charge in [-0.2, -0.15) is 0 Å². The van der Waals surface area contributed by atoms with Crippen molar-refractivity contribution in [2.75, 3.05) is 19.6 Å². The van der Waals surface area contributed by atoms with Gasteiger partial charge in [0, 0.05) is 28.4 Å². The molecule has 1 aliphatic carbocycles. The number of thiophene rings is 1. The number of carbonyl (C=O) groups is 1. The Morgan fingerprint density at radius 1 is 1.36 bits per heavy atom. The minimum absolute atomic E-state index is 0.344. The first-order chi connectivity index (χ1) is 10.5. The SMILES string of the molecule is Cc1ccc(C2CCCN2CC(=O)N(CC(C)C)C2CC2)s1. The summed E-state index contributed by atoms with van der Waals surface area (Å²) < 4.78 is 0. The topological polar surface area (TPSA) is 23.6 Å². The number of nitrogens with zero attached hydrogens (tertiary/aromatic N) is 2. The number of likely N-dealkylation sites (tertiary alicyclic amines) is 1. The van der Waals surface area contributed by atoms with Gasteiger partial charge in [0.05, 0.1) is 6.54 Å². The van der Waals surface area contributed by atoms with Crippen LogP contribution in [0.2, 0.25) is 0 Å². The summed E-state index contributed by atoms with van der Waals surface area (Å²) in [5.41, 5.74) is 0. The maximum absolute atomic E-state index is 12.8. The van der Waals surface area contributed by atoms with E-state index in [4.69, 9.17) is 0 Å². The lowest BCUT2D eigenvalue weighted by molar-refractivity contribution is -0.133. The molecule has 0 radical (unpaired) electrons. The van der Waals surface area contributed by atoms with Crippen LogP contribution >= 0.6 is 11.3 Å². The number of hydrogen-bond acceptors (Lipinski definition) is 3. The summed E-state index contributed by atoms with van der Waals surface area (Å²) >= 11 is 1.89. The molecule has 2 heterocycles. The van der Waals surface area contributed by atoms with Crippen LogP contribution in [-0.4, -0.2) is 41.4 Å². The van der Waals surface area contributed by atoms with Gasteiger partial charge < -0.3 is 4.90 Å². The van der Waals surface area contributed by atoms with Crippen molar-refractivity contribution in [1.29, 1.82) is 0 Å². The molecule has 2 fully saturated rings. The normalized spacial score (nSPS) is 22.5. The van der Waals surface area contributed by atoms with E-state index in [0.29, 0.717) is 30.5 Å². The molecule has 1 aliphatic heterocycles. The van der Waals surface area contributed by atoms with Crippen LogP contribution in [0.25, 0.3) is 0 Å². The Morgan fingerprint density at radius 3 is 2.73 bits per heavy atom. The van der Waals surface area contributed by atoms with Crippen LogP contribution in [0, 0.1) is 12.8 Å². The molecule has 3 rings (SSSR count). The summed E-state index contributed by atoms with van der Waals surface area (Å²) in [6, 6.07) is 5.44. The smallest absolute Gasteiger partial charge is 0.237 e. The second-order valence-corrected chi connectivity index (χ2v) is 8.57. The first-order valence-corrected chi connectivity index (χ1v) is 9.46. The van der Waals surface area contributed by atoms with Gasteiger partial charge in [-0.25, -0.2) is 0 Å². The van der Waals surface area contributed by atoms with E-state index >= 15 is 0 Å². The lowest BCUT2D eigenvalue weighted by Gasteiger charge is -2.29. The van der Waals surface area contributed by atoms with Gasteiger partial charge in [-0.1, -0.05) is 13.8 Å². The van der Waals surface area contributed by atoms with Crippen molar-refractivity contribution in [2.45, 2.75) is 58.5 Å². The summed E-state index contributed by atoms with van der Waals surface area (Å²) in [5.74, 6) is 0.898. The second-order valence-electron chi connectivity index (χ2n) is 7.25. The minimum Gasteiger partial charge on any atom is -0.338 e. The molecule has 1 amide bonds. The quantitative estimate of drug-likeness (QED) is 0.795. The van der Waals surface area contributed by atoms with Crippen LogP contribution in [-0.2, 0) is 4.79 Å². The zero-order chi connectivity index (χ0) is 15.7. The van der Waals surface area contributed by atoms with Crippen molar-refractivity contribution in [3.63, 3.8) is 0 Å². The molecule has 1 atom stereocenters. The number of amides is 1. The van der Waals surface area contributed by atoms with Gasteiger partial charge in [-0.15, -0.1) is 11.3 Å². The molecule has 0 N–H and O–H groups in total. The number of rotatable bonds is 6. The zero-order valence-electron chi connectivity index (χ0n) is 14.0. The van der Waals surface area contributed by atoms with E-state index in [9.17, 15) is 4.79 Å². The predicted molar refractivity (Wildman–Crippen MR) is 92.2 cm³/mol.